The number of nitrogens with one attached hydrogen (secondary N) is 3. The molecule has 1 heterocycles. The predicted molar refractivity (Wildman–Crippen MR) is 112 cm³/mol. The van der Waals surface area contributed by atoms with E-state index >= 15 is 0 Å². The van der Waals surface area contributed by atoms with E-state index in [0.29, 0.717) is 17.5 Å². The number of nitrogens with zero attached hydrogens (tertiary/aromatic N) is 2. The third-order valence-corrected chi connectivity index (χ3v) is 4.54. The third-order valence-electron chi connectivity index (χ3n) is 3.80. The van der Waals surface area contributed by atoms with Crippen molar-refractivity contribution in [1.82, 2.24) is 9.97 Å². The van der Waals surface area contributed by atoms with E-state index in [4.69, 9.17) is 0 Å². The van der Waals surface area contributed by atoms with Gasteiger partial charge in [-0.05, 0) is 49.4 Å². The van der Waals surface area contributed by atoms with Crippen LogP contribution in [0.25, 0.3) is 0 Å². The first-order chi connectivity index (χ1) is 13.2. The first-order valence-electron chi connectivity index (χ1n) is 8.53. The molecule has 3 rings (SSSR count). The topological polar surface area (TPSA) is 78.9 Å². The van der Waals surface area contributed by atoms with Gasteiger partial charge in [0.15, 0.2) is 0 Å². The average molecular weight is 379 g/mol. The second-order valence-electron chi connectivity index (χ2n) is 5.77. The van der Waals surface area contributed by atoms with E-state index in [-0.39, 0.29) is 5.91 Å². The molecule has 1 aromatic carbocycles. The van der Waals surface area contributed by atoms with Gasteiger partial charge in [-0.2, -0.15) is 4.98 Å². The maximum Gasteiger partial charge on any atom is 0.247 e. The molecule has 0 fully saturated rings. The Labute approximate surface area is 162 Å². The van der Waals surface area contributed by atoms with Gasteiger partial charge in [-0.3, -0.25) is 4.79 Å². The quantitative estimate of drug-likeness (QED) is 0.477. The minimum Gasteiger partial charge on any atom is -0.339 e. The van der Waals surface area contributed by atoms with E-state index in [1.165, 1.54) is 6.08 Å². The van der Waals surface area contributed by atoms with E-state index in [2.05, 4.69) is 44.6 Å². The zero-order valence-corrected chi connectivity index (χ0v) is 15.8. The Kier molecular flexibility index (Phi) is 6.27. The molecule has 0 spiro atoms. The highest BCUT2D eigenvalue weighted by Gasteiger charge is 2.09. The number of hydrogen-bond donors (Lipinski definition) is 3. The first-order valence-corrected chi connectivity index (χ1v) is 9.75. The summed E-state index contributed by atoms with van der Waals surface area (Å²) >= 11 is 1.56. The van der Waals surface area contributed by atoms with Gasteiger partial charge in [0.1, 0.15) is 5.82 Å². The Morgan fingerprint density at radius 1 is 1.26 bits per heavy atom. The zero-order chi connectivity index (χ0) is 19.1. The number of aromatic nitrogens is 2. The number of thioether (sulfide) groups is 1. The van der Waals surface area contributed by atoms with Crippen LogP contribution in [0.5, 0.6) is 0 Å². The summed E-state index contributed by atoms with van der Waals surface area (Å²) in [6.45, 7) is 3.46. The molecule has 2 aromatic rings. The predicted octanol–water partition coefficient (Wildman–Crippen LogP) is 4.71. The van der Waals surface area contributed by atoms with Crippen molar-refractivity contribution in [2.75, 3.05) is 22.2 Å². The zero-order valence-electron chi connectivity index (χ0n) is 15.0. The van der Waals surface area contributed by atoms with Crippen LogP contribution < -0.4 is 16.0 Å². The fourth-order valence-corrected chi connectivity index (χ4v) is 2.96. The van der Waals surface area contributed by atoms with Crippen molar-refractivity contribution in [3.05, 3.63) is 67.0 Å². The molecule has 0 atom stereocenters. The summed E-state index contributed by atoms with van der Waals surface area (Å²) in [5.74, 6) is 0.982. The number of allylic oxidation sites excluding steroid dienone is 3. The summed E-state index contributed by atoms with van der Waals surface area (Å²) in [5, 5.41) is 9.29. The Bertz CT molecular complexity index is 907. The lowest BCUT2D eigenvalue weighted by Gasteiger charge is -2.14. The summed E-state index contributed by atoms with van der Waals surface area (Å²) in [7, 11) is 0. The lowest BCUT2D eigenvalue weighted by Crippen LogP contribution is -2.08. The SMILES string of the molecule is C=CC(=O)Nc1cccc(Nc2nc(NC3=CCCC=C3)ncc2SC)c1. The van der Waals surface area contributed by atoms with Crippen molar-refractivity contribution < 1.29 is 4.79 Å². The monoisotopic (exact) mass is 379 g/mol. The largest absolute Gasteiger partial charge is 0.339 e. The second-order valence-corrected chi connectivity index (χ2v) is 6.62. The molecule has 0 unspecified atom stereocenters. The molecule has 138 valence electrons. The highest BCUT2D eigenvalue weighted by atomic mass is 32.2. The van der Waals surface area contributed by atoms with Crippen LogP contribution in [-0.4, -0.2) is 22.1 Å². The lowest BCUT2D eigenvalue weighted by molar-refractivity contribution is -0.111. The summed E-state index contributed by atoms with van der Waals surface area (Å²) in [5.41, 5.74) is 2.49. The van der Waals surface area contributed by atoms with Gasteiger partial charge in [-0.15, -0.1) is 11.8 Å². The molecule has 0 aliphatic heterocycles. The van der Waals surface area contributed by atoms with Gasteiger partial charge in [-0.1, -0.05) is 24.8 Å². The van der Waals surface area contributed by atoms with E-state index in [9.17, 15) is 4.79 Å². The Hall–Kier alpha value is -3.06. The highest BCUT2D eigenvalue weighted by molar-refractivity contribution is 7.98. The molecule has 0 bridgehead atoms. The van der Waals surface area contributed by atoms with Crippen LogP contribution >= 0.6 is 11.8 Å². The fraction of sp³-hybridized carbons (Fsp3) is 0.150. The molecule has 1 aliphatic carbocycles. The third kappa shape index (κ3) is 5.21. The van der Waals surface area contributed by atoms with Gasteiger partial charge in [-0.25, -0.2) is 4.98 Å². The molecule has 27 heavy (non-hydrogen) atoms. The maximum atomic E-state index is 11.5. The molecule has 3 N–H and O–H groups in total. The first kappa shape index (κ1) is 18.7. The summed E-state index contributed by atoms with van der Waals surface area (Å²) < 4.78 is 0. The molecule has 0 saturated carbocycles. The number of anilines is 4. The number of amides is 1. The van der Waals surface area contributed by atoms with Gasteiger partial charge in [0, 0.05) is 23.3 Å². The molecule has 0 radical (unpaired) electrons. The van der Waals surface area contributed by atoms with Gasteiger partial charge in [0.05, 0.1) is 4.90 Å². The summed E-state index contributed by atoms with van der Waals surface area (Å²) in [4.78, 5) is 21.4. The number of carbonyl (C=O) groups excluding carboxylic acids is 1. The van der Waals surface area contributed by atoms with Crippen LogP contribution in [0.2, 0.25) is 0 Å². The van der Waals surface area contributed by atoms with Crippen molar-refractivity contribution >= 4 is 40.8 Å². The van der Waals surface area contributed by atoms with Crippen LogP contribution in [0.15, 0.2) is 71.9 Å². The molecule has 6 nitrogen and oxygen atoms in total. The minimum atomic E-state index is -0.251. The molecule has 7 heteroatoms. The van der Waals surface area contributed by atoms with E-state index < -0.39 is 0 Å². The number of benzene rings is 1. The van der Waals surface area contributed by atoms with E-state index in [0.717, 1.165) is 29.1 Å². The normalized spacial score (nSPS) is 12.9. The Morgan fingerprint density at radius 2 is 2.11 bits per heavy atom. The van der Waals surface area contributed by atoms with Crippen molar-refractivity contribution in [1.29, 1.82) is 0 Å². The van der Waals surface area contributed by atoms with Gasteiger partial charge in [0.2, 0.25) is 11.9 Å². The lowest BCUT2D eigenvalue weighted by atomic mass is 10.1. The van der Waals surface area contributed by atoms with Crippen molar-refractivity contribution in [3.8, 4) is 0 Å². The van der Waals surface area contributed by atoms with Crippen molar-refractivity contribution in [2.24, 2.45) is 0 Å². The smallest absolute Gasteiger partial charge is 0.247 e. The number of rotatable bonds is 7. The molecule has 1 aliphatic rings. The van der Waals surface area contributed by atoms with Gasteiger partial charge >= 0.3 is 0 Å². The molecular formula is C20H21N5OS. The fourth-order valence-electron chi connectivity index (χ4n) is 2.51. The van der Waals surface area contributed by atoms with Gasteiger partial charge in [0.25, 0.3) is 0 Å². The number of hydrogen-bond acceptors (Lipinski definition) is 6. The molecule has 1 aromatic heterocycles. The molecule has 0 saturated heterocycles. The average Bonchev–Trinajstić information content (AvgIpc) is 2.69. The van der Waals surface area contributed by atoms with Crippen LogP contribution in [-0.2, 0) is 4.79 Å². The van der Waals surface area contributed by atoms with Crippen LogP contribution in [0.4, 0.5) is 23.1 Å². The van der Waals surface area contributed by atoms with E-state index in [1.54, 1.807) is 18.0 Å². The van der Waals surface area contributed by atoms with E-state index in [1.807, 2.05) is 36.6 Å². The molecular weight excluding hydrogens is 358 g/mol. The Morgan fingerprint density at radius 3 is 2.85 bits per heavy atom. The van der Waals surface area contributed by atoms with Crippen molar-refractivity contribution in [2.45, 2.75) is 17.7 Å². The maximum absolute atomic E-state index is 11.5. The Balaban J connectivity index is 1.80. The summed E-state index contributed by atoms with van der Waals surface area (Å²) in [6.07, 6.45) is 13.4. The van der Waals surface area contributed by atoms with Crippen molar-refractivity contribution in [3.63, 3.8) is 0 Å². The minimum absolute atomic E-state index is 0.251. The van der Waals surface area contributed by atoms with Crippen LogP contribution in [0.1, 0.15) is 12.8 Å². The number of carbonyl (C=O) groups is 1. The van der Waals surface area contributed by atoms with Crippen LogP contribution in [0, 0.1) is 0 Å². The highest BCUT2D eigenvalue weighted by Crippen LogP contribution is 2.28. The van der Waals surface area contributed by atoms with Crippen LogP contribution in [0.3, 0.4) is 0 Å². The summed E-state index contributed by atoms with van der Waals surface area (Å²) in [6, 6.07) is 7.43. The standard InChI is InChI=1S/C20H21N5OS/c1-3-18(26)22-15-10-7-11-16(12-15)23-19-17(27-2)13-21-20(25-19)24-14-8-5-4-6-9-14/h3,5,7-13H,1,4,6H2,2H3,(H,22,26)(H2,21,23,24,25). The molecule has 1 amide bonds. The van der Waals surface area contributed by atoms with Gasteiger partial charge < -0.3 is 16.0 Å². The second kappa shape index (κ2) is 9.05.